The van der Waals surface area contributed by atoms with Crippen LogP contribution >= 0.6 is 11.3 Å². The van der Waals surface area contributed by atoms with Gasteiger partial charge >= 0.3 is 0 Å². The number of carbonyl (C=O) groups is 1. The van der Waals surface area contributed by atoms with Crippen molar-refractivity contribution in [2.45, 2.75) is 46.2 Å². The molecule has 2 aromatic heterocycles. The average molecular weight is 416 g/mol. The van der Waals surface area contributed by atoms with Crippen molar-refractivity contribution in [1.29, 1.82) is 0 Å². The minimum atomic E-state index is -0.259. The molecule has 1 N–H and O–H groups in total. The van der Waals surface area contributed by atoms with E-state index < -0.39 is 0 Å². The second-order valence-corrected chi connectivity index (χ2v) is 8.36. The molecule has 1 unspecified atom stereocenters. The second kappa shape index (κ2) is 10.0. The Hall–Kier alpha value is -2.18. The van der Waals surface area contributed by atoms with Crippen LogP contribution in [0.4, 0.5) is 4.39 Å². The van der Waals surface area contributed by atoms with E-state index in [2.05, 4.69) is 31.0 Å². The molecule has 0 aliphatic rings. The zero-order valence-electron chi connectivity index (χ0n) is 17.5. The number of fused-ring (bicyclic) bond motifs is 1. The summed E-state index contributed by atoms with van der Waals surface area (Å²) in [7, 11) is 0. The molecular formula is C23H30FN3OS. The third-order valence-electron chi connectivity index (χ3n) is 5.35. The normalized spacial score (nSPS) is 12.6. The van der Waals surface area contributed by atoms with Gasteiger partial charge in [-0.2, -0.15) is 0 Å². The minimum Gasteiger partial charge on any atom is -0.348 e. The van der Waals surface area contributed by atoms with Crippen molar-refractivity contribution in [2.75, 3.05) is 19.6 Å². The molecule has 0 bridgehead atoms. The first-order valence-corrected chi connectivity index (χ1v) is 11.2. The van der Waals surface area contributed by atoms with E-state index in [0.717, 1.165) is 48.3 Å². The van der Waals surface area contributed by atoms with Gasteiger partial charge in [-0.05, 0) is 74.6 Å². The van der Waals surface area contributed by atoms with Crippen molar-refractivity contribution in [1.82, 2.24) is 14.8 Å². The number of carbonyl (C=O) groups excluding carboxylic acids is 1. The largest absolute Gasteiger partial charge is 0.348 e. The van der Waals surface area contributed by atoms with Crippen molar-refractivity contribution in [3.05, 3.63) is 58.9 Å². The summed E-state index contributed by atoms with van der Waals surface area (Å²) < 4.78 is 15.6. The number of amides is 1. The predicted octanol–water partition coefficient (Wildman–Crippen LogP) is 5.13. The van der Waals surface area contributed by atoms with E-state index >= 15 is 0 Å². The van der Waals surface area contributed by atoms with Crippen molar-refractivity contribution >= 4 is 27.5 Å². The fourth-order valence-corrected chi connectivity index (χ4v) is 4.57. The molecule has 0 aliphatic carbocycles. The SMILES string of the molecule is CCN(CC)CCCC(C)NC(=O)c1cc2ccsc2n1Cc1cccc(F)c1. The van der Waals surface area contributed by atoms with Crippen LogP contribution in [-0.2, 0) is 6.54 Å². The van der Waals surface area contributed by atoms with Gasteiger partial charge in [-0.25, -0.2) is 4.39 Å². The summed E-state index contributed by atoms with van der Waals surface area (Å²) in [6, 6.07) is 10.6. The van der Waals surface area contributed by atoms with Crippen LogP contribution in [0.25, 0.3) is 10.2 Å². The van der Waals surface area contributed by atoms with Gasteiger partial charge in [-0.15, -0.1) is 11.3 Å². The Morgan fingerprint density at radius 3 is 2.76 bits per heavy atom. The topological polar surface area (TPSA) is 37.3 Å². The maximum absolute atomic E-state index is 13.6. The van der Waals surface area contributed by atoms with E-state index in [-0.39, 0.29) is 17.8 Å². The highest BCUT2D eigenvalue weighted by atomic mass is 32.1. The molecule has 3 rings (SSSR count). The number of nitrogens with one attached hydrogen (secondary N) is 1. The number of benzene rings is 1. The van der Waals surface area contributed by atoms with Crippen LogP contribution in [0.5, 0.6) is 0 Å². The summed E-state index contributed by atoms with van der Waals surface area (Å²) in [5, 5.41) is 6.21. The molecule has 4 nitrogen and oxygen atoms in total. The van der Waals surface area contributed by atoms with Crippen LogP contribution in [0.1, 0.15) is 49.7 Å². The van der Waals surface area contributed by atoms with E-state index in [1.54, 1.807) is 17.4 Å². The first-order chi connectivity index (χ1) is 14.0. The molecule has 29 heavy (non-hydrogen) atoms. The molecule has 156 valence electrons. The molecule has 0 radical (unpaired) electrons. The fraction of sp³-hybridized carbons (Fsp3) is 0.435. The zero-order chi connectivity index (χ0) is 20.8. The van der Waals surface area contributed by atoms with E-state index in [9.17, 15) is 9.18 Å². The molecule has 1 aromatic carbocycles. The molecule has 0 spiro atoms. The van der Waals surface area contributed by atoms with Gasteiger partial charge in [0.25, 0.3) is 5.91 Å². The Morgan fingerprint density at radius 1 is 1.24 bits per heavy atom. The minimum absolute atomic E-state index is 0.0693. The lowest BCUT2D eigenvalue weighted by Crippen LogP contribution is -2.34. The summed E-state index contributed by atoms with van der Waals surface area (Å²) in [6.07, 6.45) is 2.00. The highest BCUT2D eigenvalue weighted by molar-refractivity contribution is 7.16. The van der Waals surface area contributed by atoms with Crippen molar-refractivity contribution in [3.63, 3.8) is 0 Å². The van der Waals surface area contributed by atoms with Gasteiger partial charge in [0, 0.05) is 18.0 Å². The first kappa shape index (κ1) is 21.5. The highest BCUT2D eigenvalue weighted by Crippen LogP contribution is 2.26. The van der Waals surface area contributed by atoms with Crippen LogP contribution in [-0.4, -0.2) is 41.1 Å². The molecule has 1 amide bonds. The maximum atomic E-state index is 13.6. The number of hydrogen-bond donors (Lipinski definition) is 1. The lowest BCUT2D eigenvalue weighted by atomic mass is 10.1. The lowest BCUT2D eigenvalue weighted by Gasteiger charge is -2.20. The molecule has 1 atom stereocenters. The van der Waals surface area contributed by atoms with E-state index in [0.29, 0.717) is 12.2 Å². The van der Waals surface area contributed by atoms with Gasteiger partial charge in [-0.1, -0.05) is 26.0 Å². The third-order valence-corrected chi connectivity index (χ3v) is 6.30. The Balaban J connectivity index is 1.70. The summed E-state index contributed by atoms with van der Waals surface area (Å²) in [4.78, 5) is 16.4. The number of rotatable bonds is 10. The number of halogens is 1. The van der Waals surface area contributed by atoms with Gasteiger partial charge in [0.05, 0.1) is 0 Å². The van der Waals surface area contributed by atoms with Gasteiger partial charge < -0.3 is 14.8 Å². The standard InChI is InChI=1S/C23H30FN3OS/c1-4-26(5-2)12-7-8-17(3)25-22(28)21-15-19-11-13-29-23(19)27(21)16-18-9-6-10-20(24)14-18/h6,9-11,13-15,17H,4-5,7-8,12,16H2,1-3H3,(H,25,28). The highest BCUT2D eigenvalue weighted by Gasteiger charge is 2.18. The smallest absolute Gasteiger partial charge is 0.268 e. The Kier molecular flexibility index (Phi) is 7.45. The molecule has 0 saturated heterocycles. The monoisotopic (exact) mass is 415 g/mol. The predicted molar refractivity (Wildman–Crippen MR) is 119 cm³/mol. The quantitative estimate of drug-likeness (QED) is 0.498. The summed E-state index contributed by atoms with van der Waals surface area (Å²) in [6.45, 7) is 10.0. The van der Waals surface area contributed by atoms with Crippen LogP contribution < -0.4 is 5.32 Å². The van der Waals surface area contributed by atoms with Crippen LogP contribution in [0, 0.1) is 5.82 Å². The van der Waals surface area contributed by atoms with E-state index in [4.69, 9.17) is 0 Å². The number of hydrogen-bond acceptors (Lipinski definition) is 3. The first-order valence-electron chi connectivity index (χ1n) is 10.4. The number of thiophene rings is 1. The summed E-state index contributed by atoms with van der Waals surface area (Å²) in [5.74, 6) is -0.329. The van der Waals surface area contributed by atoms with Gasteiger partial charge in [0.1, 0.15) is 16.3 Å². The molecule has 3 aromatic rings. The van der Waals surface area contributed by atoms with Crippen LogP contribution in [0.2, 0.25) is 0 Å². The van der Waals surface area contributed by atoms with Crippen molar-refractivity contribution in [2.24, 2.45) is 0 Å². The average Bonchev–Trinajstić information content (AvgIpc) is 3.28. The van der Waals surface area contributed by atoms with Gasteiger partial charge in [-0.3, -0.25) is 4.79 Å². The zero-order valence-corrected chi connectivity index (χ0v) is 18.3. The molecular weight excluding hydrogens is 385 g/mol. The van der Waals surface area contributed by atoms with Gasteiger partial charge in [0.15, 0.2) is 0 Å². The summed E-state index contributed by atoms with van der Waals surface area (Å²) in [5.41, 5.74) is 1.48. The van der Waals surface area contributed by atoms with Crippen molar-refractivity contribution in [3.8, 4) is 0 Å². The fourth-order valence-electron chi connectivity index (χ4n) is 3.67. The summed E-state index contributed by atoms with van der Waals surface area (Å²) >= 11 is 1.60. The number of aromatic nitrogens is 1. The molecule has 0 fully saturated rings. The molecule has 2 heterocycles. The van der Waals surface area contributed by atoms with E-state index in [1.165, 1.54) is 12.1 Å². The van der Waals surface area contributed by atoms with E-state index in [1.807, 2.05) is 28.1 Å². The van der Waals surface area contributed by atoms with Crippen molar-refractivity contribution < 1.29 is 9.18 Å². The molecule has 0 saturated carbocycles. The second-order valence-electron chi connectivity index (χ2n) is 7.47. The molecule has 0 aliphatic heterocycles. The lowest BCUT2D eigenvalue weighted by molar-refractivity contribution is 0.0929. The van der Waals surface area contributed by atoms with Crippen LogP contribution in [0.15, 0.2) is 41.8 Å². The van der Waals surface area contributed by atoms with Gasteiger partial charge in [0.2, 0.25) is 0 Å². The Bertz CT molecular complexity index is 945. The van der Waals surface area contributed by atoms with Crippen LogP contribution in [0.3, 0.4) is 0 Å². The Morgan fingerprint density at radius 2 is 2.03 bits per heavy atom. The maximum Gasteiger partial charge on any atom is 0.268 e. The molecule has 6 heteroatoms. The third kappa shape index (κ3) is 5.46. The Labute approximate surface area is 176 Å². The number of nitrogens with zero attached hydrogens (tertiary/aromatic N) is 2.